The molecule has 0 saturated carbocycles. The average molecular weight is 499 g/mol. The number of aromatic nitrogens is 4. The van der Waals surface area contributed by atoms with Crippen molar-refractivity contribution in [3.05, 3.63) is 41.1 Å². The second-order valence-corrected chi connectivity index (χ2v) is 8.66. The van der Waals surface area contributed by atoms with Crippen molar-refractivity contribution < 1.29 is 23.8 Å². The summed E-state index contributed by atoms with van der Waals surface area (Å²) in [5.41, 5.74) is 0.473. The Bertz CT molecular complexity index is 1370. The molecule has 35 heavy (non-hydrogen) atoms. The van der Waals surface area contributed by atoms with E-state index in [1.54, 1.807) is 6.33 Å². The number of benzene rings is 1. The standard InChI is InChI=1S/C23H23ClN6O5/c1-11-6-12(25-4-5-26-21-18-22(28-9-27-18)30-10-29-21)7-15(31)23(11)20(32)16-13(33-2)8-14(34-3)17(24)19(16)35-23/h7-11,25H,4-6H2,1-3H3,(H2,26,27,28,29,30). The maximum absolute atomic E-state index is 13.5. The summed E-state index contributed by atoms with van der Waals surface area (Å²) in [6.45, 7) is 2.86. The number of allylic oxidation sites excluding steroid dienone is 1. The number of halogens is 1. The third-order valence-corrected chi connectivity index (χ3v) is 6.66. The van der Waals surface area contributed by atoms with Crippen molar-refractivity contribution in [2.45, 2.75) is 18.9 Å². The highest BCUT2D eigenvalue weighted by Crippen LogP contribution is 2.52. The lowest BCUT2D eigenvalue weighted by molar-refractivity contribution is -0.129. The van der Waals surface area contributed by atoms with Gasteiger partial charge in [-0.25, -0.2) is 15.0 Å². The largest absolute Gasteiger partial charge is 0.496 e. The fraction of sp³-hybridized carbons (Fsp3) is 0.348. The summed E-state index contributed by atoms with van der Waals surface area (Å²) in [6.07, 6.45) is 4.86. The van der Waals surface area contributed by atoms with Crippen molar-refractivity contribution in [1.29, 1.82) is 0 Å². The summed E-state index contributed by atoms with van der Waals surface area (Å²) in [7, 11) is 2.88. The molecule has 0 fully saturated rings. The number of carbonyl (C=O) groups is 2. The van der Waals surface area contributed by atoms with Crippen LogP contribution in [-0.4, -0.2) is 64.4 Å². The molecule has 5 rings (SSSR count). The maximum atomic E-state index is 13.5. The van der Waals surface area contributed by atoms with Crippen molar-refractivity contribution in [2.75, 3.05) is 32.6 Å². The molecule has 0 radical (unpaired) electrons. The van der Waals surface area contributed by atoms with Gasteiger partial charge in [0.2, 0.25) is 17.2 Å². The highest BCUT2D eigenvalue weighted by Gasteiger charge is 2.60. The zero-order chi connectivity index (χ0) is 24.7. The van der Waals surface area contributed by atoms with Crippen LogP contribution in [0.3, 0.4) is 0 Å². The Hall–Kier alpha value is -3.86. The lowest BCUT2D eigenvalue weighted by Gasteiger charge is -2.35. The number of nitrogens with zero attached hydrogens (tertiary/aromatic N) is 3. The first-order valence-corrected chi connectivity index (χ1v) is 11.3. The normalized spacial score (nSPS) is 21.0. The number of Topliss-reactive ketones (excluding diaryl/α,β-unsaturated/α-hetero) is 1. The monoisotopic (exact) mass is 498 g/mol. The van der Waals surface area contributed by atoms with Gasteiger partial charge in [-0.2, -0.15) is 0 Å². The molecule has 2 aliphatic rings. The molecule has 1 aliphatic carbocycles. The molecule has 0 saturated heterocycles. The Morgan fingerprint density at radius 2 is 1.94 bits per heavy atom. The molecule has 3 aromatic rings. The molecule has 2 aromatic heterocycles. The minimum absolute atomic E-state index is 0.108. The van der Waals surface area contributed by atoms with Gasteiger partial charge in [-0.15, -0.1) is 0 Å². The smallest absolute Gasteiger partial charge is 0.236 e. The van der Waals surface area contributed by atoms with E-state index < -0.39 is 23.1 Å². The van der Waals surface area contributed by atoms with Crippen molar-refractivity contribution in [2.24, 2.45) is 5.92 Å². The second-order valence-electron chi connectivity index (χ2n) is 8.28. The number of aromatic amines is 1. The molecule has 3 N–H and O–H groups in total. The summed E-state index contributed by atoms with van der Waals surface area (Å²) < 4.78 is 16.7. The van der Waals surface area contributed by atoms with Crippen LogP contribution in [0.15, 0.2) is 30.5 Å². The summed E-state index contributed by atoms with van der Waals surface area (Å²) in [4.78, 5) is 42.3. The summed E-state index contributed by atoms with van der Waals surface area (Å²) in [5, 5.41) is 6.61. The number of ketones is 2. The zero-order valence-corrected chi connectivity index (χ0v) is 20.0. The number of hydrogen-bond donors (Lipinski definition) is 3. The number of methoxy groups -OCH3 is 2. The molecule has 0 amide bonds. The predicted molar refractivity (Wildman–Crippen MR) is 127 cm³/mol. The van der Waals surface area contributed by atoms with E-state index in [-0.39, 0.29) is 22.1 Å². The predicted octanol–water partition coefficient (Wildman–Crippen LogP) is 2.53. The van der Waals surface area contributed by atoms with E-state index in [0.717, 1.165) is 5.52 Å². The first-order chi connectivity index (χ1) is 16.9. The Kier molecular flexibility index (Phi) is 5.72. The molecule has 11 nitrogen and oxygen atoms in total. The van der Waals surface area contributed by atoms with Crippen LogP contribution in [0.2, 0.25) is 5.02 Å². The van der Waals surface area contributed by atoms with Gasteiger partial charge in [0.15, 0.2) is 17.2 Å². The molecule has 1 spiro atoms. The first kappa shape index (κ1) is 22.9. The van der Waals surface area contributed by atoms with E-state index >= 15 is 0 Å². The molecule has 2 atom stereocenters. The number of anilines is 1. The van der Waals surface area contributed by atoms with Crippen molar-refractivity contribution in [1.82, 2.24) is 25.3 Å². The van der Waals surface area contributed by atoms with Gasteiger partial charge in [0.25, 0.3) is 0 Å². The number of hydrogen-bond acceptors (Lipinski definition) is 10. The van der Waals surface area contributed by atoms with E-state index in [4.69, 9.17) is 25.8 Å². The minimum Gasteiger partial charge on any atom is -0.496 e. The van der Waals surface area contributed by atoms with Gasteiger partial charge in [0, 0.05) is 36.8 Å². The van der Waals surface area contributed by atoms with Crippen LogP contribution in [0.25, 0.3) is 11.2 Å². The van der Waals surface area contributed by atoms with E-state index in [2.05, 4.69) is 30.6 Å². The van der Waals surface area contributed by atoms with E-state index in [1.165, 1.54) is 32.7 Å². The highest BCUT2D eigenvalue weighted by atomic mass is 35.5. The SMILES string of the molecule is COc1cc(OC)c2c(c1Cl)OC1(C(=O)C=C(NCCNc3ncnc4nc[nH]c34)CC1C)C2=O. The Morgan fingerprint density at radius 1 is 1.17 bits per heavy atom. The van der Waals surface area contributed by atoms with Gasteiger partial charge in [-0.1, -0.05) is 18.5 Å². The molecule has 3 heterocycles. The van der Waals surface area contributed by atoms with Crippen molar-refractivity contribution >= 4 is 40.1 Å². The fourth-order valence-electron chi connectivity index (χ4n) is 4.56. The number of imidazole rings is 1. The molecule has 0 bridgehead atoms. The van der Waals surface area contributed by atoms with Crippen LogP contribution in [0, 0.1) is 5.92 Å². The zero-order valence-electron chi connectivity index (χ0n) is 19.3. The number of nitrogens with one attached hydrogen (secondary N) is 3. The van der Waals surface area contributed by atoms with E-state index in [9.17, 15) is 9.59 Å². The van der Waals surface area contributed by atoms with Crippen molar-refractivity contribution in [3.8, 4) is 17.2 Å². The summed E-state index contributed by atoms with van der Waals surface area (Å²) in [6, 6.07) is 1.52. The third kappa shape index (κ3) is 3.54. The first-order valence-electron chi connectivity index (χ1n) is 11.0. The number of rotatable bonds is 7. The molecule has 1 aromatic carbocycles. The summed E-state index contributed by atoms with van der Waals surface area (Å²) >= 11 is 6.42. The van der Waals surface area contributed by atoms with Gasteiger partial charge in [0.05, 0.1) is 20.5 Å². The number of H-pyrrole nitrogens is 1. The van der Waals surface area contributed by atoms with E-state index in [1.807, 2.05) is 6.92 Å². The molecule has 2 unspecified atom stereocenters. The summed E-state index contributed by atoms with van der Waals surface area (Å²) in [5.74, 6) is -0.0664. The minimum atomic E-state index is -1.69. The van der Waals surface area contributed by atoms with Crippen LogP contribution >= 0.6 is 11.6 Å². The lowest BCUT2D eigenvalue weighted by atomic mass is 9.74. The van der Waals surface area contributed by atoms with Crippen LogP contribution < -0.4 is 24.8 Å². The maximum Gasteiger partial charge on any atom is 0.236 e. The van der Waals surface area contributed by atoms with Crippen LogP contribution in [0.1, 0.15) is 23.7 Å². The molecule has 12 heteroatoms. The molecule has 1 aliphatic heterocycles. The highest BCUT2D eigenvalue weighted by molar-refractivity contribution is 6.36. The van der Waals surface area contributed by atoms with E-state index in [0.29, 0.717) is 42.4 Å². The van der Waals surface area contributed by atoms with Crippen molar-refractivity contribution in [3.63, 3.8) is 0 Å². The lowest BCUT2D eigenvalue weighted by Crippen LogP contribution is -2.55. The Labute approximate surface area is 205 Å². The molecular weight excluding hydrogens is 476 g/mol. The molecular formula is C23H23ClN6O5. The van der Waals surface area contributed by atoms with Gasteiger partial charge in [-0.3, -0.25) is 9.59 Å². The van der Waals surface area contributed by atoms with Gasteiger partial charge in [-0.05, 0) is 6.42 Å². The Morgan fingerprint density at radius 3 is 2.69 bits per heavy atom. The number of carbonyl (C=O) groups excluding carboxylic acids is 2. The molecule has 182 valence electrons. The van der Waals surface area contributed by atoms with Crippen LogP contribution in [0.5, 0.6) is 17.2 Å². The van der Waals surface area contributed by atoms with Crippen LogP contribution in [-0.2, 0) is 4.79 Å². The van der Waals surface area contributed by atoms with Crippen LogP contribution in [0.4, 0.5) is 5.82 Å². The Balaban J connectivity index is 1.31. The van der Waals surface area contributed by atoms with Gasteiger partial charge < -0.3 is 29.8 Å². The van der Waals surface area contributed by atoms with Gasteiger partial charge >= 0.3 is 0 Å². The average Bonchev–Trinajstić information content (AvgIpc) is 3.45. The second kappa shape index (κ2) is 8.73. The fourth-order valence-corrected chi connectivity index (χ4v) is 4.82. The number of fused-ring (bicyclic) bond motifs is 2. The van der Waals surface area contributed by atoms with Gasteiger partial charge in [0.1, 0.15) is 33.9 Å². The topological polar surface area (TPSA) is 140 Å². The quantitative estimate of drug-likeness (QED) is 0.328. The third-order valence-electron chi connectivity index (χ3n) is 6.30. The number of ether oxygens (including phenoxy) is 3.